The number of hydrogen-bond donors (Lipinski definition) is 1. The zero-order valence-electron chi connectivity index (χ0n) is 15.5. The third kappa shape index (κ3) is 4.40. The van der Waals surface area contributed by atoms with Gasteiger partial charge in [-0.05, 0) is 18.2 Å². The maximum atomic E-state index is 13.9. The molecule has 4 aromatic rings. The Balaban J connectivity index is 1.67. The summed E-state index contributed by atoms with van der Waals surface area (Å²) in [6.07, 6.45) is -0.0108. The molecule has 4 rings (SSSR count). The summed E-state index contributed by atoms with van der Waals surface area (Å²) in [5.74, 6) is -1.96. The SMILES string of the molecule is O=C(Cc1sc(-c2ccccc2Cl)nc1-c1ccccc1)Nc1ccc(F)cc1F. The van der Waals surface area contributed by atoms with Crippen LogP contribution >= 0.6 is 22.9 Å². The fourth-order valence-electron chi connectivity index (χ4n) is 2.97. The van der Waals surface area contributed by atoms with Crippen LogP contribution in [0.5, 0.6) is 0 Å². The minimum Gasteiger partial charge on any atom is -0.323 e. The van der Waals surface area contributed by atoms with Gasteiger partial charge in [0, 0.05) is 22.1 Å². The Morgan fingerprint density at radius 1 is 1.00 bits per heavy atom. The first kappa shape index (κ1) is 20.2. The molecule has 30 heavy (non-hydrogen) atoms. The summed E-state index contributed by atoms with van der Waals surface area (Å²) in [5, 5.41) is 3.75. The van der Waals surface area contributed by atoms with Crippen LogP contribution < -0.4 is 5.32 Å². The van der Waals surface area contributed by atoms with Gasteiger partial charge >= 0.3 is 0 Å². The van der Waals surface area contributed by atoms with Crippen LogP contribution in [0.3, 0.4) is 0 Å². The van der Waals surface area contributed by atoms with Crippen molar-refractivity contribution >= 4 is 34.5 Å². The van der Waals surface area contributed by atoms with E-state index < -0.39 is 17.5 Å². The van der Waals surface area contributed by atoms with Crippen LogP contribution in [0, 0.1) is 11.6 Å². The molecule has 0 atom stereocenters. The Hall–Kier alpha value is -3.09. The van der Waals surface area contributed by atoms with Gasteiger partial charge in [-0.25, -0.2) is 13.8 Å². The predicted octanol–water partition coefficient (Wildman–Crippen LogP) is 6.59. The van der Waals surface area contributed by atoms with Gasteiger partial charge in [0.1, 0.15) is 16.6 Å². The smallest absolute Gasteiger partial charge is 0.229 e. The number of rotatable bonds is 5. The molecular formula is C23H15ClF2N2OS. The van der Waals surface area contributed by atoms with Crippen LogP contribution in [-0.4, -0.2) is 10.9 Å². The molecule has 1 amide bonds. The van der Waals surface area contributed by atoms with E-state index in [9.17, 15) is 13.6 Å². The number of nitrogens with zero attached hydrogens (tertiary/aromatic N) is 1. The highest BCUT2D eigenvalue weighted by atomic mass is 35.5. The maximum Gasteiger partial charge on any atom is 0.229 e. The van der Waals surface area contributed by atoms with E-state index in [1.54, 1.807) is 6.07 Å². The predicted molar refractivity (Wildman–Crippen MR) is 117 cm³/mol. The number of amides is 1. The van der Waals surface area contributed by atoms with Gasteiger partial charge in [-0.15, -0.1) is 11.3 Å². The Morgan fingerprint density at radius 3 is 2.47 bits per heavy atom. The van der Waals surface area contributed by atoms with Crippen molar-refractivity contribution in [3.05, 3.63) is 94.3 Å². The molecule has 0 radical (unpaired) electrons. The number of hydrogen-bond acceptors (Lipinski definition) is 3. The number of nitrogens with one attached hydrogen (secondary N) is 1. The monoisotopic (exact) mass is 440 g/mol. The van der Waals surface area contributed by atoms with Gasteiger partial charge < -0.3 is 5.32 Å². The van der Waals surface area contributed by atoms with Crippen LogP contribution in [0.1, 0.15) is 4.88 Å². The first-order chi connectivity index (χ1) is 14.5. The van der Waals surface area contributed by atoms with Gasteiger partial charge in [-0.1, -0.05) is 60.1 Å². The average Bonchev–Trinajstić information content (AvgIpc) is 3.14. The molecule has 1 aromatic heterocycles. The van der Waals surface area contributed by atoms with E-state index in [2.05, 4.69) is 5.32 Å². The average molecular weight is 441 g/mol. The standard InChI is InChI=1S/C23H15ClF2N2OS/c24-17-9-5-4-8-16(17)23-28-22(14-6-2-1-3-7-14)20(30-23)13-21(29)27-19-11-10-15(25)12-18(19)26/h1-12H,13H2,(H,27,29). The highest BCUT2D eigenvalue weighted by Gasteiger charge is 2.19. The molecule has 7 heteroatoms. The summed E-state index contributed by atoms with van der Waals surface area (Å²) >= 11 is 7.68. The van der Waals surface area contributed by atoms with E-state index in [-0.39, 0.29) is 12.1 Å². The lowest BCUT2D eigenvalue weighted by molar-refractivity contribution is -0.115. The molecule has 1 heterocycles. The quantitative estimate of drug-likeness (QED) is 0.380. The summed E-state index contributed by atoms with van der Waals surface area (Å²) in [5.41, 5.74) is 2.24. The van der Waals surface area contributed by atoms with Crippen LogP contribution in [0.2, 0.25) is 5.02 Å². The van der Waals surface area contributed by atoms with Gasteiger partial charge in [0.15, 0.2) is 0 Å². The lowest BCUT2D eigenvalue weighted by atomic mass is 10.1. The van der Waals surface area contributed by atoms with Gasteiger partial charge in [0.25, 0.3) is 0 Å². The molecule has 0 aliphatic rings. The molecule has 0 aliphatic heterocycles. The molecule has 3 nitrogen and oxygen atoms in total. The second kappa shape index (κ2) is 8.73. The van der Waals surface area contributed by atoms with Gasteiger partial charge in [-0.2, -0.15) is 0 Å². The highest BCUT2D eigenvalue weighted by Crippen LogP contribution is 2.37. The Kier molecular flexibility index (Phi) is 5.88. The summed E-state index contributed by atoms with van der Waals surface area (Å²) < 4.78 is 27.0. The largest absolute Gasteiger partial charge is 0.323 e. The van der Waals surface area contributed by atoms with E-state index in [1.165, 1.54) is 17.4 Å². The van der Waals surface area contributed by atoms with Crippen molar-refractivity contribution in [2.45, 2.75) is 6.42 Å². The van der Waals surface area contributed by atoms with E-state index in [1.807, 2.05) is 48.5 Å². The molecule has 0 aliphatic carbocycles. The van der Waals surface area contributed by atoms with Crippen molar-refractivity contribution in [3.8, 4) is 21.8 Å². The molecule has 3 aromatic carbocycles. The van der Waals surface area contributed by atoms with Crippen molar-refractivity contribution in [1.82, 2.24) is 4.98 Å². The number of halogens is 3. The number of carbonyl (C=O) groups excluding carboxylic acids is 1. The zero-order valence-corrected chi connectivity index (χ0v) is 17.1. The van der Waals surface area contributed by atoms with Crippen molar-refractivity contribution in [2.75, 3.05) is 5.32 Å². The number of benzene rings is 3. The zero-order chi connectivity index (χ0) is 21.1. The molecule has 0 bridgehead atoms. The van der Waals surface area contributed by atoms with Gasteiger partial charge in [0.05, 0.1) is 22.8 Å². The van der Waals surface area contributed by atoms with Crippen LogP contribution in [0.25, 0.3) is 21.8 Å². The number of anilines is 1. The Bertz CT molecular complexity index is 1210. The third-order valence-corrected chi connectivity index (χ3v) is 5.79. The molecular weight excluding hydrogens is 426 g/mol. The van der Waals surface area contributed by atoms with E-state index in [0.29, 0.717) is 15.7 Å². The topological polar surface area (TPSA) is 42.0 Å². The van der Waals surface area contributed by atoms with Crippen LogP contribution in [-0.2, 0) is 11.2 Å². The maximum absolute atomic E-state index is 13.9. The molecule has 150 valence electrons. The summed E-state index contributed by atoms with van der Waals surface area (Å²) in [6, 6.07) is 19.9. The summed E-state index contributed by atoms with van der Waals surface area (Å²) in [6.45, 7) is 0. The van der Waals surface area contributed by atoms with Crippen LogP contribution in [0.4, 0.5) is 14.5 Å². The minimum absolute atomic E-state index is 0.0108. The molecule has 1 N–H and O–H groups in total. The Morgan fingerprint density at radius 2 is 1.73 bits per heavy atom. The molecule has 0 saturated heterocycles. The van der Waals surface area contributed by atoms with Crippen LogP contribution in [0.15, 0.2) is 72.8 Å². The highest BCUT2D eigenvalue weighted by molar-refractivity contribution is 7.15. The normalized spacial score (nSPS) is 10.8. The first-order valence-electron chi connectivity index (χ1n) is 9.06. The van der Waals surface area contributed by atoms with Crippen molar-refractivity contribution in [3.63, 3.8) is 0 Å². The Labute approximate surface area is 181 Å². The lowest BCUT2D eigenvalue weighted by Crippen LogP contribution is -2.15. The first-order valence-corrected chi connectivity index (χ1v) is 10.3. The minimum atomic E-state index is -0.826. The number of aromatic nitrogens is 1. The van der Waals surface area contributed by atoms with E-state index >= 15 is 0 Å². The van der Waals surface area contributed by atoms with Gasteiger partial charge in [-0.3, -0.25) is 4.79 Å². The number of carbonyl (C=O) groups is 1. The molecule has 0 unspecified atom stereocenters. The second-order valence-corrected chi connectivity index (χ2v) is 7.98. The van der Waals surface area contributed by atoms with E-state index in [4.69, 9.17) is 16.6 Å². The molecule has 0 fully saturated rings. The van der Waals surface area contributed by atoms with E-state index in [0.717, 1.165) is 28.1 Å². The second-order valence-electron chi connectivity index (χ2n) is 6.49. The van der Waals surface area contributed by atoms with Crippen molar-refractivity contribution < 1.29 is 13.6 Å². The summed E-state index contributed by atoms with van der Waals surface area (Å²) in [7, 11) is 0. The fourth-order valence-corrected chi connectivity index (χ4v) is 4.38. The van der Waals surface area contributed by atoms with Crippen molar-refractivity contribution in [2.24, 2.45) is 0 Å². The molecule has 0 saturated carbocycles. The lowest BCUT2D eigenvalue weighted by Gasteiger charge is -2.07. The van der Waals surface area contributed by atoms with Crippen molar-refractivity contribution in [1.29, 1.82) is 0 Å². The fraction of sp³-hybridized carbons (Fsp3) is 0.0435. The number of thiazole rings is 1. The molecule has 0 spiro atoms. The summed E-state index contributed by atoms with van der Waals surface area (Å²) in [4.78, 5) is 18.0. The third-order valence-electron chi connectivity index (χ3n) is 4.38. The van der Waals surface area contributed by atoms with Gasteiger partial charge in [0.2, 0.25) is 5.91 Å².